The molecule has 0 saturated heterocycles. The van der Waals surface area contributed by atoms with Crippen molar-refractivity contribution in [2.45, 2.75) is 19.6 Å². The third kappa shape index (κ3) is 4.89. The van der Waals surface area contributed by atoms with Crippen molar-refractivity contribution in [1.82, 2.24) is 24.0 Å². The van der Waals surface area contributed by atoms with E-state index < -0.39 is 17.4 Å². The zero-order valence-electron chi connectivity index (χ0n) is 17.7. The summed E-state index contributed by atoms with van der Waals surface area (Å²) in [5, 5.41) is 13.7. The Hall–Kier alpha value is -3.11. The van der Waals surface area contributed by atoms with Gasteiger partial charge in [0.15, 0.2) is 11.2 Å². The largest absolute Gasteiger partial charge is 0.491 e. The first-order valence-electron chi connectivity index (χ1n) is 9.72. The van der Waals surface area contributed by atoms with Gasteiger partial charge in [0.05, 0.1) is 6.54 Å². The fourth-order valence-electron chi connectivity index (χ4n) is 3.03. The van der Waals surface area contributed by atoms with Gasteiger partial charge < -0.3 is 24.6 Å². The fourth-order valence-corrected chi connectivity index (χ4v) is 3.03. The zero-order valence-corrected chi connectivity index (χ0v) is 17.7. The van der Waals surface area contributed by atoms with Crippen molar-refractivity contribution in [3.8, 4) is 5.75 Å². The van der Waals surface area contributed by atoms with Gasteiger partial charge in [0.1, 0.15) is 18.5 Å². The van der Waals surface area contributed by atoms with Crippen LogP contribution in [0.5, 0.6) is 5.75 Å². The summed E-state index contributed by atoms with van der Waals surface area (Å²) >= 11 is 0. The summed E-state index contributed by atoms with van der Waals surface area (Å²) in [5.74, 6) is 1.06. The number of benzene rings is 1. The lowest BCUT2D eigenvalue weighted by Crippen LogP contribution is -2.31. The number of fused-ring (bicyclic) bond motifs is 1. The first kappa shape index (κ1) is 21.6. The van der Waals surface area contributed by atoms with Gasteiger partial charge in [-0.3, -0.25) is 14.3 Å². The van der Waals surface area contributed by atoms with E-state index in [0.29, 0.717) is 18.2 Å². The molecule has 162 valence electrons. The van der Waals surface area contributed by atoms with E-state index in [-0.39, 0.29) is 24.3 Å². The highest BCUT2D eigenvalue weighted by Gasteiger charge is 2.19. The number of aromatic nitrogens is 4. The second-order valence-corrected chi connectivity index (χ2v) is 7.54. The molecule has 0 radical (unpaired) electrons. The van der Waals surface area contributed by atoms with Crippen molar-refractivity contribution in [1.29, 1.82) is 0 Å². The summed E-state index contributed by atoms with van der Waals surface area (Å²) in [5.41, 5.74) is 0.501. The minimum Gasteiger partial charge on any atom is -0.491 e. The molecule has 3 aromatic rings. The molecule has 0 unspecified atom stereocenters. The molecule has 10 heteroatoms. The minimum atomic E-state index is -0.894. The summed E-state index contributed by atoms with van der Waals surface area (Å²) in [6.07, 6.45) is -0.894. The number of aliphatic hydroxyl groups is 1. The molecule has 0 spiro atoms. The van der Waals surface area contributed by atoms with Gasteiger partial charge in [-0.15, -0.1) is 0 Å². The maximum atomic E-state index is 12.5. The number of H-pyrrole nitrogens is 1. The van der Waals surface area contributed by atoms with Gasteiger partial charge in [0, 0.05) is 20.1 Å². The molecule has 0 amide bonds. The van der Waals surface area contributed by atoms with Crippen molar-refractivity contribution in [2.24, 2.45) is 7.05 Å². The Morgan fingerprint density at radius 1 is 1.27 bits per heavy atom. The van der Waals surface area contributed by atoms with E-state index in [1.807, 2.05) is 50.2 Å². The Morgan fingerprint density at radius 2 is 1.97 bits per heavy atom. The zero-order chi connectivity index (χ0) is 21.8. The number of imidazole rings is 1. The Morgan fingerprint density at radius 3 is 2.63 bits per heavy atom. The highest BCUT2D eigenvalue weighted by atomic mass is 16.5. The number of aliphatic hydroxyl groups excluding tert-OH is 1. The van der Waals surface area contributed by atoms with Crippen LogP contribution in [0.1, 0.15) is 5.56 Å². The monoisotopic (exact) mass is 416 g/mol. The molecule has 0 saturated carbocycles. The number of ether oxygens (including phenoxy) is 1. The predicted octanol–water partition coefficient (Wildman–Crippen LogP) is 0.145. The van der Waals surface area contributed by atoms with Gasteiger partial charge >= 0.3 is 5.69 Å². The van der Waals surface area contributed by atoms with E-state index in [1.165, 1.54) is 4.57 Å². The summed E-state index contributed by atoms with van der Waals surface area (Å²) in [6.45, 7) is 3.44. The molecular weight excluding hydrogens is 388 g/mol. The lowest BCUT2D eigenvalue weighted by atomic mass is 10.2. The van der Waals surface area contributed by atoms with Crippen molar-refractivity contribution in [3.05, 3.63) is 50.7 Å². The van der Waals surface area contributed by atoms with Gasteiger partial charge in [-0.2, -0.15) is 4.98 Å². The molecule has 3 N–H and O–H groups in total. The van der Waals surface area contributed by atoms with Crippen LogP contribution < -0.4 is 21.3 Å². The topological polar surface area (TPSA) is 117 Å². The maximum Gasteiger partial charge on any atom is 0.329 e. The predicted molar refractivity (Wildman–Crippen MR) is 115 cm³/mol. The molecular formula is C20H28N6O4. The van der Waals surface area contributed by atoms with Crippen molar-refractivity contribution < 1.29 is 9.84 Å². The Kier molecular flexibility index (Phi) is 6.58. The molecule has 3 rings (SSSR count). The van der Waals surface area contributed by atoms with Crippen LogP contribution in [0.2, 0.25) is 0 Å². The van der Waals surface area contributed by atoms with Gasteiger partial charge in [0.25, 0.3) is 5.56 Å². The molecule has 0 aliphatic heterocycles. The number of anilines is 1. The van der Waals surface area contributed by atoms with E-state index >= 15 is 0 Å². The Labute approximate surface area is 173 Å². The molecule has 2 heterocycles. The van der Waals surface area contributed by atoms with E-state index in [1.54, 1.807) is 11.6 Å². The average molecular weight is 416 g/mol. The van der Waals surface area contributed by atoms with Crippen molar-refractivity contribution in [2.75, 3.05) is 39.1 Å². The number of aryl methyl sites for hydroxylation is 2. The van der Waals surface area contributed by atoms with E-state index in [0.717, 1.165) is 12.1 Å². The van der Waals surface area contributed by atoms with Crippen LogP contribution in [0.25, 0.3) is 11.2 Å². The normalized spacial score (nSPS) is 12.5. The average Bonchev–Trinajstić information content (AvgIpc) is 3.04. The molecule has 0 aliphatic rings. The number of hydrogen-bond donors (Lipinski definition) is 3. The molecule has 0 fully saturated rings. The van der Waals surface area contributed by atoms with Crippen LogP contribution in [0.3, 0.4) is 0 Å². The Bertz CT molecular complexity index is 1110. The standard InChI is InChI=1S/C20H28N6O4/c1-13-5-7-15(8-6-13)30-12-14(27)11-26-16-17(25(4)20(29)23-18(16)28)22-19(26)21-9-10-24(2)3/h5-8,14,27H,9-12H2,1-4H3,(H,21,22)(H,23,28,29)/t14-/m0/s1. The van der Waals surface area contributed by atoms with Crippen LogP contribution in [-0.2, 0) is 13.6 Å². The van der Waals surface area contributed by atoms with Crippen LogP contribution in [0.4, 0.5) is 5.95 Å². The lowest BCUT2D eigenvalue weighted by molar-refractivity contribution is 0.0938. The number of nitrogens with one attached hydrogen (secondary N) is 2. The van der Waals surface area contributed by atoms with Gasteiger partial charge in [-0.25, -0.2) is 4.79 Å². The number of likely N-dealkylation sites (N-methyl/N-ethyl adjacent to an activating group) is 1. The van der Waals surface area contributed by atoms with Crippen LogP contribution >= 0.6 is 0 Å². The van der Waals surface area contributed by atoms with E-state index in [4.69, 9.17) is 4.74 Å². The van der Waals surface area contributed by atoms with Crippen molar-refractivity contribution >= 4 is 17.1 Å². The molecule has 30 heavy (non-hydrogen) atoms. The highest BCUT2D eigenvalue weighted by Crippen LogP contribution is 2.17. The second kappa shape index (κ2) is 9.14. The maximum absolute atomic E-state index is 12.5. The van der Waals surface area contributed by atoms with Gasteiger partial charge in [-0.05, 0) is 33.2 Å². The Balaban J connectivity index is 1.85. The molecule has 2 aromatic heterocycles. The number of nitrogens with zero attached hydrogens (tertiary/aromatic N) is 4. The van der Waals surface area contributed by atoms with E-state index in [2.05, 4.69) is 15.3 Å². The number of rotatable bonds is 9. The summed E-state index contributed by atoms with van der Waals surface area (Å²) in [7, 11) is 5.44. The summed E-state index contributed by atoms with van der Waals surface area (Å²) < 4.78 is 8.52. The van der Waals surface area contributed by atoms with Crippen LogP contribution in [0.15, 0.2) is 33.9 Å². The summed E-state index contributed by atoms with van der Waals surface area (Å²) in [6, 6.07) is 7.53. The third-order valence-corrected chi connectivity index (χ3v) is 4.71. The molecule has 1 atom stereocenters. The van der Waals surface area contributed by atoms with Crippen molar-refractivity contribution in [3.63, 3.8) is 0 Å². The van der Waals surface area contributed by atoms with E-state index in [9.17, 15) is 14.7 Å². The molecule has 10 nitrogen and oxygen atoms in total. The number of aromatic amines is 1. The molecule has 0 bridgehead atoms. The van der Waals surface area contributed by atoms with Crippen LogP contribution in [-0.4, -0.2) is 69.0 Å². The quantitative estimate of drug-likeness (QED) is 0.454. The smallest absolute Gasteiger partial charge is 0.329 e. The highest BCUT2D eigenvalue weighted by molar-refractivity contribution is 5.74. The fraction of sp³-hybridized carbons (Fsp3) is 0.450. The number of hydrogen-bond acceptors (Lipinski definition) is 7. The molecule has 0 aliphatic carbocycles. The molecule has 1 aromatic carbocycles. The SMILES string of the molecule is Cc1ccc(OC[C@@H](O)Cn2c(NCCN(C)C)nc3c2c(=O)[nH]c(=O)n3C)cc1. The lowest BCUT2D eigenvalue weighted by Gasteiger charge is -2.16. The van der Waals surface area contributed by atoms with Gasteiger partial charge in [-0.1, -0.05) is 17.7 Å². The minimum absolute atomic E-state index is 0.0452. The van der Waals surface area contributed by atoms with Gasteiger partial charge in [0.2, 0.25) is 5.95 Å². The third-order valence-electron chi connectivity index (χ3n) is 4.71. The first-order valence-corrected chi connectivity index (χ1v) is 9.72. The second-order valence-electron chi connectivity index (χ2n) is 7.54. The first-order chi connectivity index (χ1) is 14.3. The summed E-state index contributed by atoms with van der Waals surface area (Å²) in [4.78, 5) is 33.2. The van der Waals surface area contributed by atoms with Crippen LogP contribution in [0, 0.1) is 6.92 Å².